The molecule has 2 N–H and O–H groups in total. The summed E-state index contributed by atoms with van der Waals surface area (Å²) in [4.78, 5) is 32.7. The second-order valence-electron chi connectivity index (χ2n) is 8.54. The van der Waals surface area contributed by atoms with Gasteiger partial charge in [0.15, 0.2) is 10.9 Å². The first kappa shape index (κ1) is 24.4. The lowest BCUT2D eigenvalue weighted by Gasteiger charge is -2.23. The molecule has 1 fully saturated rings. The maximum absolute atomic E-state index is 13.3. The second-order valence-corrected chi connectivity index (χ2v) is 10.3. The predicted molar refractivity (Wildman–Crippen MR) is 142 cm³/mol. The molecule has 1 unspecified atom stereocenters. The van der Waals surface area contributed by atoms with E-state index in [-0.39, 0.29) is 17.9 Å². The molecule has 4 aromatic rings. The zero-order valence-electron chi connectivity index (χ0n) is 19.7. The zero-order chi connectivity index (χ0) is 24.7. The van der Waals surface area contributed by atoms with Gasteiger partial charge in [0.1, 0.15) is 11.4 Å². The van der Waals surface area contributed by atoms with Crippen LogP contribution in [0.5, 0.6) is 0 Å². The third-order valence-electron chi connectivity index (χ3n) is 6.02. The standard InChI is InChI=1S/C26H27N5O3S2/c32-24(19-10-4-5-12-27-19)28-13-7-14-31(25(33)23-11-6-15-35-23)26-29-21(17-36-26)22-16-20(30-34-22)18-8-2-1-3-9-18/h1-3,6,8-9,11,15-17,19,27H,4-5,7,10,12-14H2,(H,28,32). The van der Waals surface area contributed by atoms with Gasteiger partial charge in [0.25, 0.3) is 5.91 Å². The molecule has 8 nitrogen and oxygen atoms in total. The highest BCUT2D eigenvalue weighted by Crippen LogP contribution is 2.31. The van der Waals surface area contributed by atoms with Gasteiger partial charge in [0.2, 0.25) is 5.91 Å². The number of hydrogen-bond acceptors (Lipinski definition) is 8. The van der Waals surface area contributed by atoms with E-state index in [1.54, 1.807) is 4.90 Å². The quantitative estimate of drug-likeness (QED) is 0.306. The maximum atomic E-state index is 13.3. The lowest BCUT2D eigenvalue weighted by Crippen LogP contribution is -2.47. The monoisotopic (exact) mass is 521 g/mol. The van der Waals surface area contributed by atoms with E-state index < -0.39 is 0 Å². The third kappa shape index (κ3) is 5.72. The minimum atomic E-state index is -0.119. The predicted octanol–water partition coefficient (Wildman–Crippen LogP) is 4.82. The fraction of sp³-hybridized carbons (Fsp3) is 0.308. The molecule has 0 radical (unpaired) electrons. The van der Waals surface area contributed by atoms with Crippen molar-refractivity contribution < 1.29 is 14.1 Å². The van der Waals surface area contributed by atoms with E-state index in [0.29, 0.717) is 41.0 Å². The van der Waals surface area contributed by atoms with Crippen LogP contribution in [0.2, 0.25) is 0 Å². The van der Waals surface area contributed by atoms with Crippen molar-refractivity contribution in [2.24, 2.45) is 0 Å². The molecule has 1 saturated heterocycles. The van der Waals surface area contributed by atoms with E-state index in [9.17, 15) is 9.59 Å². The minimum absolute atomic E-state index is 0.0295. The largest absolute Gasteiger partial charge is 0.355 e. The molecule has 10 heteroatoms. The Bertz CT molecular complexity index is 1280. The molecule has 0 saturated carbocycles. The number of nitrogens with one attached hydrogen (secondary N) is 2. The molecule has 1 aliphatic rings. The number of carbonyl (C=O) groups is 2. The van der Waals surface area contributed by atoms with Crippen LogP contribution in [0.4, 0.5) is 5.13 Å². The van der Waals surface area contributed by atoms with Gasteiger partial charge in [0, 0.05) is 30.1 Å². The topological polar surface area (TPSA) is 100 Å². The first-order valence-corrected chi connectivity index (χ1v) is 13.8. The smallest absolute Gasteiger partial charge is 0.270 e. The normalized spacial score (nSPS) is 15.5. The number of thiophene rings is 1. The lowest BCUT2D eigenvalue weighted by molar-refractivity contribution is -0.123. The van der Waals surface area contributed by atoms with Gasteiger partial charge in [-0.05, 0) is 37.3 Å². The van der Waals surface area contributed by atoms with Crippen LogP contribution in [0.1, 0.15) is 35.4 Å². The number of carbonyl (C=O) groups excluding carboxylic acids is 2. The van der Waals surface area contributed by atoms with E-state index in [1.807, 2.05) is 59.3 Å². The molecule has 0 bridgehead atoms. The fourth-order valence-electron chi connectivity index (χ4n) is 4.11. The van der Waals surface area contributed by atoms with Crippen molar-refractivity contribution in [2.75, 3.05) is 24.5 Å². The van der Waals surface area contributed by atoms with Gasteiger partial charge in [-0.25, -0.2) is 4.98 Å². The first-order chi connectivity index (χ1) is 17.7. The number of anilines is 1. The Hall–Kier alpha value is -3.34. The van der Waals surface area contributed by atoms with E-state index in [2.05, 4.69) is 15.8 Å². The first-order valence-electron chi connectivity index (χ1n) is 12.0. The molecule has 2 amide bonds. The summed E-state index contributed by atoms with van der Waals surface area (Å²) in [5, 5.41) is 14.8. The van der Waals surface area contributed by atoms with Crippen LogP contribution in [0.25, 0.3) is 22.7 Å². The van der Waals surface area contributed by atoms with Crippen molar-refractivity contribution in [1.82, 2.24) is 20.8 Å². The van der Waals surface area contributed by atoms with Crippen molar-refractivity contribution in [3.63, 3.8) is 0 Å². The van der Waals surface area contributed by atoms with Gasteiger partial charge < -0.3 is 15.2 Å². The van der Waals surface area contributed by atoms with Crippen LogP contribution in [0.3, 0.4) is 0 Å². The number of aromatic nitrogens is 2. The van der Waals surface area contributed by atoms with Crippen molar-refractivity contribution in [3.05, 3.63) is 64.2 Å². The Kier molecular flexibility index (Phi) is 7.85. The Labute approximate surface area is 217 Å². The number of thiazole rings is 1. The lowest BCUT2D eigenvalue weighted by atomic mass is 10.0. The average Bonchev–Trinajstić information content (AvgIpc) is 3.71. The van der Waals surface area contributed by atoms with E-state index in [1.165, 1.54) is 22.7 Å². The summed E-state index contributed by atoms with van der Waals surface area (Å²) in [5.74, 6) is 0.475. The van der Waals surface area contributed by atoms with E-state index in [0.717, 1.165) is 37.1 Å². The molecule has 1 aliphatic heterocycles. The molecule has 5 rings (SSSR count). The molecule has 186 valence electrons. The summed E-state index contributed by atoms with van der Waals surface area (Å²) >= 11 is 2.78. The van der Waals surface area contributed by atoms with Gasteiger partial charge in [-0.1, -0.05) is 48.0 Å². The van der Waals surface area contributed by atoms with Gasteiger partial charge in [-0.2, -0.15) is 0 Å². The van der Waals surface area contributed by atoms with Crippen LogP contribution in [-0.4, -0.2) is 47.6 Å². The highest BCUT2D eigenvalue weighted by atomic mass is 32.1. The summed E-state index contributed by atoms with van der Waals surface area (Å²) in [6.45, 7) is 1.81. The number of piperidine rings is 1. The van der Waals surface area contributed by atoms with Crippen molar-refractivity contribution in [3.8, 4) is 22.7 Å². The number of amides is 2. The number of hydrogen-bond donors (Lipinski definition) is 2. The molecular formula is C26H27N5O3S2. The van der Waals surface area contributed by atoms with Crippen molar-refractivity contribution >= 4 is 39.6 Å². The van der Waals surface area contributed by atoms with Crippen molar-refractivity contribution in [1.29, 1.82) is 0 Å². The molecule has 0 spiro atoms. The molecule has 36 heavy (non-hydrogen) atoms. The Balaban J connectivity index is 1.27. The van der Waals surface area contributed by atoms with Crippen LogP contribution < -0.4 is 15.5 Å². The maximum Gasteiger partial charge on any atom is 0.270 e. The second kappa shape index (κ2) is 11.6. The average molecular weight is 522 g/mol. The number of rotatable bonds is 9. The van der Waals surface area contributed by atoms with Crippen LogP contribution in [-0.2, 0) is 4.79 Å². The molecule has 0 aliphatic carbocycles. The SMILES string of the molecule is O=C(NCCCN(C(=O)c1cccs1)c1nc(-c2cc(-c3ccccc3)no2)cs1)C1CCCCN1. The van der Waals surface area contributed by atoms with E-state index in [4.69, 9.17) is 9.51 Å². The van der Waals surface area contributed by atoms with Gasteiger partial charge in [0.05, 0.1) is 10.9 Å². The Morgan fingerprint density at radius 1 is 1.11 bits per heavy atom. The van der Waals surface area contributed by atoms with Crippen LogP contribution in [0.15, 0.2) is 63.8 Å². The van der Waals surface area contributed by atoms with Gasteiger partial charge >= 0.3 is 0 Å². The number of benzene rings is 1. The van der Waals surface area contributed by atoms with Gasteiger partial charge in [-0.15, -0.1) is 22.7 Å². The van der Waals surface area contributed by atoms with Gasteiger partial charge in [-0.3, -0.25) is 14.5 Å². The summed E-state index contributed by atoms with van der Waals surface area (Å²) in [6, 6.07) is 15.2. The molecule has 1 aromatic carbocycles. The zero-order valence-corrected chi connectivity index (χ0v) is 21.3. The van der Waals surface area contributed by atoms with E-state index >= 15 is 0 Å². The highest BCUT2D eigenvalue weighted by molar-refractivity contribution is 7.14. The van der Waals surface area contributed by atoms with Crippen LogP contribution >= 0.6 is 22.7 Å². The molecule has 1 atom stereocenters. The molecular weight excluding hydrogens is 494 g/mol. The Morgan fingerprint density at radius 3 is 2.78 bits per heavy atom. The summed E-state index contributed by atoms with van der Waals surface area (Å²) in [5.41, 5.74) is 2.32. The summed E-state index contributed by atoms with van der Waals surface area (Å²) < 4.78 is 5.55. The van der Waals surface area contributed by atoms with Crippen molar-refractivity contribution in [2.45, 2.75) is 31.7 Å². The number of nitrogens with zero attached hydrogens (tertiary/aromatic N) is 3. The summed E-state index contributed by atoms with van der Waals surface area (Å²) in [7, 11) is 0. The fourth-order valence-corrected chi connectivity index (χ4v) is 5.62. The minimum Gasteiger partial charge on any atom is -0.355 e. The Morgan fingerprint density at radius 2 is 2.00 bits per heavy atom. The molecule has 4 heterocycles. The summed E-state index contributed by atoms with van der Waals surface area (Å²) in [6.07, 6.45) is 3.66. The highest BCUT2D eigenvalue weighted by Gasteiger charge is 2.24. The molecule has 3 aromatic heterocycles. The third-order valence-corrected chi connectivity index (χ3v) is 7.74. The van der Waals surface area contributed by atoms with Crippen LogP contribution in [0, 0.1) is 0 Å².